The number of anilines is 2. The maximum Gasteiger partial charge on any atom is 0.271 e. The molecule has 1 atom stereocenters. The number of hydrogen-bond acceptors (Lipinski definition) is 6. The third-order valence-corrected chi connectivity index (χ3v) is 5.86. The fraction of sp³-hybridized carbons (Fsp3) is 0.154. The number of nitrogens with one attached hydrogen (secondary N) is 3. The first-order valence-electron chi connectivity index (χ1n) is 10.9. The summed E-state index contributed by atoms with van der Waals surface area (Å²) in [6.07, 6.45) is 3.74. The molecule has 3 N–H and O–H groups in total. The molecule has 0 spiro atoms. The van der Waals surface area contributed by atoms with Crippen LogP contribution in [0.5, 0.6) is 0 Å². The van der Waals surface area contributed by atoms with Gasteiger partial charge in [0, 0.05) is 36.4 Å². The molecule has 0 aliphatic heterocycles. The number of aromatic nitrogens is 2. The lowest BCUT2D eigenvalue weighted by atomic mass is 10.0. The van der Waals surface area contributed by atoms with Gasteiger partial charge in [-0.25, -0.2) is 4.98 Å². The molecule has 2 aromatic carbocycles. The Balaban J connectivity index is 1.44. The Bertz CT molecular complexity index is 1240. The molecule has 34 heavy (non-hydrogen) atoms. The predicted molar refractivity (Wildman–Crippen MR) is 134 cm³/mol. The largest absolute Gasteiger partial charge is 0.350 e. The van der Waals surface area contributed by atoms with E-state index in [0.29, 0.717) is 18.1 Å². The van der Waals surface area contributed by atoms with Gasteiger partial charge in [-0.3, -0.25) is 14.6 Å². The molecule has 0 fully saturated rings. The monoisotopic (exact) mass is 471 g/mol. The molecule has 1 unspecified atom stereocenters. The van der Waals surface area contributed by atoms with Crippen LogP contribution in [0.25, 0.3) is 0 Å². The van der Waals surface area contributed by atoms with Crippen molar-refractivity contribution in [3.05, 3.63) is 107 Å². The average Bonchev–Trinajstić information content (AvgIpc) is 3.32. The van der Waals surface area contributed by atoms with Crippen LogP contribution in [-0.4, -0.2) is 27.8 Å². The Morgan fingerprint density at radius 3 is 2.59 bits per heavy atom. The van der Waals surface area contributed by atoms with E-state index in [1.165, 1.54) is 11.3 Å². The van der Waals surface area contributed by atoms with Gasteiger partial charge in [-0.15, -0.1) is 11.3 Å². The molecule has 0 saturated heterocycles. The van der Waals surface area contributed by atoms with E-state index in [1.54, 1.807) is 17.8 Å². The summed E-state index contributed by atoms with van der Waals surface area (Å²) in [4.78, 5) is 34.4. The summed E-state index contributed by atoms with van der Waals surface area (Å²) < 4.78 is 0. The lowest BCUT2D eigenvalue weighted by molar-refractivity contribution is -0.123. The summed E-state index contributed by atoms with van der Waals surface area (Å²) >= 11 is 1.34. The molecule has 0 aliphatic rings. The second-order valence-corrected chi connectivity index (χ2v) is 8.69. The van der Waals surface area contributed by atoms with Crippen LogP contribution in [-0.2, 0) is 17.8 Å². The highest BCUT2D eigenvalue weighted by atomic mass is 32.1. The molecule has 2 amide bonds. The van der Waals surface area contributed by atoms with Crippen LogP contribution >= 0.6 is 11.3 Å². The van der Waals surface area contributed by atoms with E-state index in [-0.39, 0.29) is 11.6 Å². The highest BCUT2D eigenvalue weighted by Crippen LogP contribution is 2.21. The number of carbonyl (C=O) groups excluding carboxylic acids is 2. The average molecular weight is 472 g/mol. The zero-order chi connectivity index (χ0) is 23.8. The molecule has 0 aliphatic carbocycles. The van der Waals surface area contributed by atoms with Crippen molar-refractivity contribution in [3.8, 4) is 0 Å². The van der Waals surface area contributed by atoms with Crippen molar-refractivity contribution in [3.63, 3.8) is 0 Å². The molecular weight excluding hydrogens is 446 g/mol. The van der Waals surface area contributed by atoms with Gasteiger partial charge >= 0.3 is 0 Å². The van der Waals surface area contributed by atoms with Crippen LogP contribution in [0.4, 0.5) is 10.8 Å². The van der Waals surface area contributed by atoms with Gasteiger partial charge < -0.3 is 16.0 Å². The smallest absolute Gasteiger partial charge is 0.271 e. The summed E-state index contributed by atoms with van der Waals surface area (Å²) in [5.74, 6) is -0.666. The van der Waals surface area contributed by atoms with Gasteiger partial charge in [0.05, 0.1) is 0 Å². The first-order valence-corrected chi connectivity index (χ1v) is 11.8. The molecule has 8 heteroatoms. The van der Waals surface area contributed by atoms with Crippen LogP contribution in [0.2, 0.25) is 0 Å². The van der Waals surface area contributed by atoms with Gasteiger partial charge in [0.25, 0.3) is 5.91 Å². The van der Waals surface area contributed by atoms with Gasteiger partial charge in [-0.05, 0) is 41.8 Å². The molecule has 4 rings (SSSR count). The Morgan fingerprint density at radius 1 is 1.00 bits per heavy atom. The number of pyridine rings is 1. The highest BCUT2D eigenvalue weighted by molar-refractivity contribution is 7.14. The van der Waals surface area contributed by atoms with Crippen LogP contribution in [0.15, 0.2) is 84.5 Å². The SMILES string of the molecule is Cc1cccc(Nc2nc(C(=O)NC(Cc3ccccc3)C(=O)NCc3cccnc3)cs2)c1. The van der Waals surface area contributed by atoms with Gasteiger partial charge in [0.15, 0.2) is 5.13 Å². The Kier molecular flexibility index (Phi) is 7.62. The lowest BCUT2D eigenvalue weighted by Gasteiger charge is -2.18. The summed E-state index contributed by atoms with van der Waals surface area (Å²) in [6.45, 7) is 2.34. The molecule has 2 heterocycles. The van der Waals surface area contributed by atoms with Crippen LogP contribution < -0.4 is 16.0 Å². The van der Waals surface area contributed by atoms with E-state index in [9.17, 15) is 9.59 Å². The van der Waals surface area contributed by atoms with E-state index < -0.39 is 11.9 Å². The molecule has 7 nitrogen and oxygen atoms in total. The van der Waals surface area contributed by atoms with E-state index in [2.05, 4.69) is 25.9 Å². The third kappa shape index (κ3) is 6.49. The fourth-order valence-corrected chi connectivity index (χ4v) is 4.10. The minimum atomic E-state index is -0.749. The number of hydrogen-bond donors (Lipinski definition) is 3. The fourth-order valence-electron chi connectivity index (χ4n) is 3.39. The number of rotatable bonds is 9. The summed E-state index contributed by atoms with van der Waals surface area (Å²) in [5, 5.41) is 11.3. The topological polar surface area (TPSA) is 96.0 Å². The Hall–Kier alpha value is -4.04. The van der Waals surface area contributed by atoms with Gasteiger partial charge in [-0.1, -0.05) is 48.5 Å². The Labute approximate surface area is 202 Å². The number of benzene rings is 2. The second-order valence-electron chi connectivity index (χ2n) is 7.83. The van der Waals surface area contributed by atoms with E-state index >= 15 is 0 Å². The first-order chi connectivity index (χ1) is 16.6. The van der Waals surface area contributed by atoms with E-state index in [4.69, 9.17) is 0 Å². The molecular formula is C26H25N5O2S. The third-order valence-electron chi connectivity index (χ3n) is 5.10. The molecule has 0 bridgehead atoms. The van der Waals surface area contributed by atoms with Gasteiger partial charge in [-0.2, -0.15) is 0 Å². The van der Waals surface area contributed by atoms with Gasteiger partial charge in [0.2, 0.25) is 5.91 Å². The molecule has 2 aromatic heterocycles. The minimum Gasteiger partial charge on any atom is -0.350 e. The summed E-state index contributed by atoms with van der Waals surface area (Å²) in [6, 6.07) is 20.5. The minimum absolute atomic E-state index is 0.262. The predicted octanol–water partition coefficient (Wildman–Crippen LogP) is 4.25. The van der Waals surface area contributed by atoms with Crippen molar-refractivity contribution in [2.75, 3.05) is 5.32 Å². The van der Waals surface area contributed by atoms with Crippen molar-refractivity contribution >= 4 is 34.0 Å². The zero-order valence-corrected chi connectivity index (χ0v) is 19.5. The van der Waals surface area contributed by atoms with Gasteiger partial charge in [0.1, 0.15) is 11.7 Å². The zero-order valence-electron chi connectivity index (χ0n) is 18.7. The first kappa shape index (κ1) is 23.1. The van der Waals surface area contributed by atoms with Crippen molar-refractivity contribution in [1.29, 1.82) is 0 Å². The van der Waals surface area contributed by atoms with Crippen molar-refractivity contribution in [1.82, 2.24) is 20.6 Å². The lowest BCUT2D eigenvalue weighted by Crippen LogP contribution is -2.47. The maximum absolute atomic E-state index is 13.0. The molecule has 0 saturated carbocycles. The number of thiazole rings is 1. The van der Waals surface area contributed by atoms with Crippen molar-refractivity contribution in [2.24, 2.45) is 0 Å². The second kappa shape index (κ2) is 11.2. The van der Waals surface area contributed by atoms with Crippen molar-refractivity contribution < 1.29 is 9.59 Å². The number of aryl methyl sites for hydroxylation is 1. The summed E-state index contributed by atoms with van der Waals surface area (Å²) in [7, 11) is 0. The normalized spacial score (nSPS) is 11.4. The molecule has 0 radical (unpaired) electrons. The number of amides is 2. The quantitative estimate of drug-likeness (QED) is 0.339. The number of nitrogens with zero attached hydrogens (tertiary/aromatic N) is 2. The van der Waals surface area contributed by atoms with Crippen LogP contribution in [0, 0.1) is 6.92 Å². The van der Waals surface area contributed by atoms with Crippen LogP contribution in [0.3, 0.4) is 0 Å². The van der Waals surface area contributed by atoms with Crippen molar-refractivity contribution in [2.45, 2.75) is 25.9 Å². The number of carbonyl (C=O) groups is 2. The summed E-state index contributed by atoms with van der Waals surface area (Å²) in [5.41, 5.74) is 4.12. The Morgan fingerprint density at radius 2 is 1.82 bits per heavy atom. The standard InChI is InChI=1S/C26H25N5O2S/c1-18-7-5-11-21(13-18)29-26-31-23(17-34-26)25(33)30-22(14-19-8-3-2-4-9-19)24(32)28-16-20-10-6-12-27-15-20/h2-13,15,17,22H,14,16H2,1H3,(H,28,32)(H,29,31)(H,30,33). The maximum atomic E-state index is 13.0. The molecule has 4 aromatic rings. The van der Waals surface area contributed by atoms with Crippen LogP contribution in [0.1, 0.15) is 27.2 Å². The highest BCUT2D eigenvalue weighted by Gasteiger charge is 2.23. The molecule has 172 valence electrons. The van der Waals surface area contributed by atoms with E-state index in [0.717, 1.165) is 22.4 Å². The van der Waals surface area contributed by atoms with E-state index in [1.807, 2.05) is 73.7 Å².